The molecule has 2 aromatic carbocycles. The first-order valence-corrected chi connectivity index (χ1v) is 11.9. The van der Waals surface area contributed by atoms with E-state index < -0.39 is 5.97 Å². The quantitative estimate of drug-likeness (QED) is 0.319. The Morgan fingerprint density at radius 1 is 1.03 bits per heavy atom. The topological polar surface area (TPSA) is 86.8 Å². The van der Waals surface area contributed by atoms with Crippen LogP contribution >= 0.6 is 11.3 Å². The molecule has 180 valence electrons. The lowest BCUT2D eigenvalue weighted by atomic mass is 10.0. The largest absolute Gasteiger partial charge is 0.497 e. The number of amides is 1. The van der Waals surface area contributed by atoms with Crippen molar-refractivity contribution in [3.8, 4) is 22.8 Å². The fourth-order valence-electron chi connectivity index (χ4n) is 3.85. The summed E-state index contributed by atoms with van der Waals surface area (Å²) in [5, 5.41) is 4.11. The van der Waals surface area contributed by atoms with E-state index in [1.54, 1.807) is 33.3 Å². The van der Waals surface area contributed by atoms with Gasteiger partial charge >= 0.3 is 5.97 Å². The van der Waals surface area contributed by atoms with Crippen molar-refractivity contribution in [2.45, 2.75) is 20.8 Å². The lowest BCUT2D eigenvalue weighted by Gasteiger charge is -2.13. The number of esters is 1. The van der Waals surface area contributed by atoms with Crippen molar-refractivity contribution in [2.75, 3.05) is 26.1 Å². The first-order valence-electron chi connectivity index (χ1n) is 11.1. The van der Waals surface area contributed by atoms with Gasteiger partial charge < -0.3 is 19.5 Å². The number of thiophene rings is 1. The fraction of sp³-hybridized carbons (Fsp3) is 0.222. The second-order valence-corrected chi connectivity index (χ2v) is 9.03. The smallest absolute Gasteiger partial charge is 0.341 e. The lowest BCUT2D eigenvalue weighted by Crippen LogP contribution is -2.15. The molecule has 0 atom stereocenters. The van der Waals surface area contributed by atoms with E-state index in [4.69, 9.17) is 19.2 Å². The maximum absolute atomic E-state index is 13.6. The molecule has 0 radical (unpaired) electrons. The Bertz CT molecular complexity index is 1430. The zero-order valence-corrected chi connectivity index (χ0v) is 21.0. The van der Waals surface area contributed by atoms with Crippen LogP contribution in [0.5, 0.6) is 11.5 Å². The zero-order chi connectivity index (χ0) is 25.1. The number of methoxy groups -OCH3 is 2. The minimum atomic E-state index is -0.451. The summed E-state index contributed by atoms with van der Waals surface area (Å²) in [5.41, 5.74) is 3.59. The van der Waals surface area contributed by atoms with Crippen molar-refractivity contribution in [3.05, 3.63) is 70.1 Å². The Labute approximate surface area is 207 Å². The van der Waals surface area contributed by atoms with Gasteiger partial charge in [-0.2, -0.15) is 0 Å². The van der Waals surface area contributed by atoms with Gasteiger partial charge in [-0.05, 0) is 50.6 Å². The van der Waals surface area contributed by atoms with Gasteiger partial charge in [-0.1, -0.05) is 18.2 Å². The van der Waals surface area contributed by atoms with E-state index in [0.29, 0.717) is 44.2 Å². The lowest BCUT2D eigenvalue weighted by molar-refractivity contribution is 0.0527. The number of rotatable bonds is 7. The highest BCUT2D eigenvalue weighted by Gasteiger charge is 2.24. The number of nitrogens with one attached hydrogen (secondary N) is 1. The van der Waals surface area contributed by atoms with Gasteiger partial charge in [-0.25, -0.2) is 9.78 Å². The van der Waals surface area contributed by atoms with Crippen LogP contribution in [0.1, 0.15) is 38.1 Å². The number of anilines is 1. The van der Waals surface area contributed by atoms with Crippen molar-refractivity contribution < 1.29 is 23.8 Å². The molecule has 2 aromatic heterocycles. The van der Waals surface area contributed by atoms with Crippen molar-refractivity contribution in [3.63, 3.8) is 0 Å². The monoisotopic (exact) mass is 490 g/mol. The normalized spacial score (nSPS) is 10.8. The van der Waals surface area contributed by atoms with Crippen molar-refractivity contribution >= 4 is 39.1 Å². The maximum Gasteiger partial charge on any atom is 0.341 e. The van der Waals surface area contributed by atoms with Gasteiger partial charge in [-0.3, -0.25) is 4.79 Å². The third-order valence-corrected chi connectivity index (χ3v) is 6.86. The van der Waals surface area contributed by atoms with E-state index in [1.165, 1.54) is 11.3 Å². The minimum Gasteiger partial charge on any atom is -0.497 e. The van der Waals surface area contributed by atoms with Crippen LogP contribution in [0.3, 0.4) is 0 Å². The SMILES string of the molecule is CCOC(=O)c1c(NC(=O)c2cc(-c3ccc(OC)cc3OC)nc3ccccc23)sc(C)c1C. The second-order valence-electron chi connectivity index (χ2n) is 7.80. The summed E-state index contributed by atoms with van der Waals surface area (Å²) in [7, 11) is 3.16. The molecule has 0 spiro atoms. The Morgan fingerprint density at radius 3 is 2.51 bits per heavy atom. The molecule has 0 unspecified atom stereocenters. The molecule has 0 fully saturated rings. The number of pyridine rings is 1. The Hall–Kier alpha value is -3.91. The molecular weight excluding hydrogens is 464 g/mol. The summed E-state index contributed by atoms with van der Waals surface area (Å²) in [5.74, 6) is 0.434. The van der Waals surface area contributed by atoms with Crippen LogP contribution in [0.25, 0.3) is 22.2 Å². The van der Waals surface area contributed by atoms with Crippen LogP contribution in [0, 0.1) is 13.8 Å². The van der Waals surface area contributed by atoms with E-state index >= 15 is 0 Å². The zero-order valence-electron chi connectivity index (χ0n) is 20.2. The fourth-order valence-corrected chi connectivity index (χ4v) is 4.89. The van der Waals surface area contributed by atoms with Crippen molar-refractivity contribution in [2.24, 2.45) is 0 Å². The number of carbonyl (C=O) groups excluding carboxylic acids is 2. The van der Waals surface area contributed by atoms with Crippen LogP contribution in [-0.2, 0) is 4.74 Å². The molecule has 0 aliphatic rings. The van der Waals surface area contributed by atoms with Gasteiger partial charge in [0.15, 0.2) is 0 Å². The van der Waals surface area contributed by atoms with Crippen LogP contribution < -0.4 is 14.8 Å². The molecule has 1 amide bonds. The molecule has 8 heteroatoms. The molecular formula is C27H26N2O5S. The minimum absolute atomic E-state index is 0.253. The Balaban J connectivity index is 1.82. The summed E-state index contributed by atoms with van der Waals surface area (Å²) in [6.07, 6.45) is 0. The van der Waals surface area contributed by atoms with Crippen molar-refractivity contribution in [1.29, 1.82) is 0 Å². The number of hydrogen-bond acceptors (Lipinski definition) is 7. The molecule has 0 saturated heterocycles. The van der Waals surface area contributed by atoms with Gasteiger partial charge in [-0.15, -0.1) is 11.3 Å². The Kier molecular flexibility index (Phi) is 7.02. The van der Waals surface area contributed by atoms with Crippen LogP contribution in [0.2, 0.25) is 0 Å². The Morgan fingerprint density at radius 2 is 1.80 bits per heavy atom. The average molecular weight is 491 g/mol. The molecule has 0 aliphatic carbocycles. The number of benzene rings is 2. The molecule has 1 N–H and O–H groups in total. The third-order valence-electron chi connectivity index (χ3n) is 5.74. The molecule has 0 bridgehead atoms. The van der Waals surface area contributed by atoms with Gasteiger partial charge in [0.25, 0.3) is 5.91 Å². The van der Waals surface area contributed by atoms with Crippen molar-refractivity contribution in [1.82, 2.24) is 4.98 Å². The number of ether oxygens (including phenoxy) is 3. The van der Waals surface area contributed by atoms with Gasteiger partial charge in [0.2, 0.25) is 0 Å². The van der Waals surface area contributed by atoms with E-state index in [9.17, 15) is 9.59 Å². The molecule has 0 aliphatic heterocycles. The van der Waals surface area contributed by atoms with Gasteiger partial charge in [0.1, 0.15) is 16.5 Å². The summed E-state index contributed by atoms with van der Waals surface area (Å²) in [4.78, 5) is 31.9. The number of nitrogens with zero attached hydrogens (tertiary/aromatic N) is 1. The number of hydrogen-bond donors (Lipinski definition) is 1. The van der Waals surface area contributed by atoms with E-state index in [2.05, 4.69) is 5.32 Å². The third kappa shape index (κ3) is 4.70. The van der Waals surface area contributed by atoms with E-state index in [1.807, 2.05) is 50.2 Å². The van der Waals surface area contributed by atoms with Gasteiger partial charge in [0.05, 0.1) is 43.2 Å². The van der Waals surface area contributed by atoms with Crippen LogP contribution in [0.4, 0.5) is 5.00 Å². The molecule has 2 heterocycles. The average Bonchev–Trinajstić information content (AvgIpc) is 3.15. The molecule has 4 aromatic rings. The number of aromatic nitrogens is 1. The number of carbonyl (C=O) groups is 2. The predicted molar refractivity (Wildman–Crippen MR) is 138 cm³/mol. The molecule has 4 rings (SSSR count). The maximum atomic E-state index is 13.6. The van der Waals surface area contributed by atoms with Crippen LogP contribution in [-0.4, -0.2) is 37.7 Å². The molecule has 7 nitrogen and oxygen atoms in total. The summed E-state index contributed by atoms with van der Waals surface area (Å²) < 4.78 is 16.1. The number of fused-ring (bicyclic) bond motifs is 1. The summed E-state index contributed by atoms with van der Waals surface area (Å²) >= 11 is 1.35. The molecule has 0 saturated carbocycles. The highest BCUT2D eigenvalue weighted by atomic mass is 32.1. The van der Waals surface area contributed by atoms with E-state index in [-0.39, 0.29) is 12.5 Å². The first-order chi connectivity index (χ1) is 16.9. The number of aryl methyl sites for hydroxylation is 1. The van der Waals surface area contributed by atoms with Crippen LogP contribution in [0.15, 0.2) is 48.5 Å². The first kappa shape index (κ1) is 24.2. The summed E-state index contributed by atoms with van der Waals surface area (Å²) in [6, 6.07) is 14.6. The van der Waals surface area contributed by atoms with Gasteiger partial charge in [0, 0.05) is 21.9 Å². The second kappa shape index (κ2) is 10.1. The number of para-hydroxylation sites is 1. The highest BCUT2D eigenvalue weighted by Crippen LogP contribution is 2.36. The predicted octanol–water partition coefficient (Wildman–Crippen LogP) is 6.03. The standard InChI is InChI=1S/C27H26N2O5S/c1-6-34-27(31)24-15(2)16(3)35-26(24)29-25(30)20-14-22(28-21-10-8-7-9-18(20)21)19-12-11-17(32-4)13-23(19)33-5/h7-14H,6H2,1-5H3,(H,29,30). The van der Waals surface area contributed by atoms with E-state index in [0.717, 1.165) is 16.0 Å². The highest BCUT2D eigenvalue weighted by molar-refractivity contribution is 7.16. The summed E-state index contributed by atoms with van der Waals surface area (Å²) in [6.45, 7) is 5.77. The molecule has 35 heavy (non-hydrogen) atoms.